The lowest BCUT2D eigenvalue weighted by molar-refractivity contribution is -0.123. The minimum atomic E-state index is -4.09. The average Bonchev–Trinajstić information content (AvgIpc) is 3.05. The lowest BCUT2D eigenvalue weighted by Gasteiger charge is -2.13. The van der Waals surface area contributed by atoms with Crippen molar-refractivity contribution in [2.45, 2.75) is 18.4 Å². The van der Waals surface area contributed by atoms with Crippen molar-refractivity contribution in [1.29, 1.82) is 0 Å². The van der Waals surface area contributed by atoms with Crippen molar-refractivity contribution in [2.75, 3.05) is 0 Å². The first-order valence-corrected chi connectivity index (χ1v) is 12.9. The van der Waals surface area contributed by atoms with E-state index >= 15 is 0 Å². The number of thioether (sulfide) groups is 1. The second-order valence-corrected chi connectivity index (χ2v) is 10.8. The number of halogens is 2. The first-order chi connectivity index (χ1) is 16.1. The van der Waals surface area contributed by atoms with E-state index in [0.717, 1.165) is 22.2 Å². The van der Waals surface area contributed by atoms with Crippen molar-refractivity contribution in [3.05, 3.63) is 98.4 Å². The SMILES string of the molecule is Cc1ccc(S(=O)(=O)Oc2ccccc2/C=C2\SC(=O)N(Cc3ccc(Cl)c(Cl)c3)C2=O)cc1. The van der Waals surface area contributed by atoms with Gasteiger partial charge in [0.25, 0.3) is 11.1 Å². The van der Waals surface area contributed by atoms with Crippen molar-refractivity contribution in [1.82, 2.24) is 4.90 Å². The Balaban J connectivity index is 1.59. The Bertz CT molecular complexity index is 1420. The first kappa shape index (κ1) is 24.3. The van der Waals surface area contributed by atoms with E-state index < -0.39 is 21.3 Å². The smallest absolute Gasteiger partial charge is 0.339 e. The van der Waals surface area contributed by atoms with E-state index in [-0.39, 0.29) is 22.1 Å². The van der Waals surface area contributed by atoms with E-state index in [1.165, 1.54) is 24.3 Å². The molecule has 0 aliphatic carbocycles. The molecule has 4 rings (SSSR count). The monoisotopic (exact) mass is 533 g/mol. The molecule has 1 saturated heterocycles. The van der Waals surface area contributed by atoms with Crippen LogP contribution in [0.5, 0.6) is 5.75 Å². The van der Waals surface area contributed by atoms with Crippen LogP contribution in [0.2, 0.25) is 10.0 Å². The summed E-state index contributed by atoms with van der Waals surface area (Å²) >= 11 is 12.7. The minimum absolute atomic E-state index is 0.00912. The van der Waals surface area contributed by atoms with Gasteiger partial charge in [-0.1, -0.05) is 65.2 Å². The van der Waals surface area contributed by atoms with E-state index in [0.29, 0.717) is 21.2 Å². The summed E-state index contributed by atoms with van der Waals surface area (Å²) in [6.07, 6.45) is 1.44. The van der Waals surface area contributed by atoms with Gasteiger partial charge in [0.05, 0.1) is 21.5 Å². The molecule has 3 aromatic carbocycles. The number of amides is 2. The van der Waals surface area contributed by atoms with Crippen LogP contribution in [-0.2, 0) is 21.5 Å². The molecule has 0 N–H and O–H groups in total. The van der Waals surface area contributed by atoms with Crippen molar-refractivity contribution in [2.24, 2.45) is 0 Å². The van der Waals surface area contributed by atoms with Crippen LogP contribution >= 0.6 is 35.0 Å². The summed E-state index contributed by atoms with van der Waals surface area (Å²) in [6, 6.07) is 17.5. The maximum atomic E-state index is 12.9. The Hall–Kier alpha value is -2.78. The van der Waals surface area contributed by atoms with Crippen molar-refractivity contribution < 1.29 is 22.2 Å². The molecule has 0 radical (unpaired) electrons. The van der Waals surface area contributed by atoms with Crippen LogP contribution in [0.1, 0.15) is 16.7 Å². The Morgan fingerprint density at radius 2 is 1.68 bits per heavy atom. The number of imide groups is 1. The molecule has 0 unspecified atom stereocenters. The zero-order chi connectivity index (χ0) is 24.5. The van der Waals surface area contributed by atoms with E-state index in [2.05, 4.69) is 0 Å². The topological polar surface area (TPSA) is 80.8 Å². The summed E-state index contributed by atoms with van der Waals surface area (Å²) in [7, 11) is -4.09. The van der Waals surface area contributed by atoms with Crippen LogP contribution in [0.25, 0.3) is 6.08 Å². The summed E-state index contributed by atoms with van der Waals surface area (Å²) in [4.78, 5) is 26.7. The Morgan fingerprint density at radius 3 is 2.38 bits per heavy atom. The Kier molecular flexibility index (Phi) is 7.04. The highest BCUT2D eigenvalue weighted by atomic mass is 35.5. The third-order valence-corrected chi connectivity index (χ3v) is 7.81. The van der Waals surface area contributed by atoms with Gasteiger partial charge >= 0.3 is 10.1 Å². The highest BCUT2D eigenvalue weighted by Crippen LogP contribution is 2.36. The third-order valence-electron chi connectivity index (χ3n) is 4.91. The summed E-state index contributed by atoms with van der Waals surface area (Å²) < 4.78 is 30.8. The van der Waals surface area contributed by atoms with Crippen LogP contribution in [0.3, 0.4) is 0 Å². The largest absolute Gasteiger partial charge is 0.378 e. The summed E-state index contributed by atoms with van der Waals surface area (Å²) in [5.74, 6) is -0.461. The summed E-state index contributed by atoms with van der Waals surface area (Å²) in [6.45, 7) is 1.87. The number of carbonyl (C=O) groups is 2. The summed E-state index contributed by atoms with van der Waals surface area (Å²) in [5.41, 5.74) is 1.90. The number of benzene rings is 3. The van der Waals surface area contributed by atoms with Gasteiger partial charge in [-0.15, -0.1) is 0 Å². The molecule has 1 fully saturated rings. The molecule has 174 valence electrons. The molecule has 1 aliphatic heterocycles. The molecular weight excluding hydrogens is 517 g/mol. The molecule has 1 heterocycles. The highest BCUT2D eigenvalue weighted by molar-refractivity contribution is 8.18. The molecule has 0 bridgehead atoms. The summed E-state index contributed by atoms with van der Waals surface area (Å²) in [5, 5.41) is 0.243. The number of carbonyl (C=O) groups excluding carboxylic acids is 2. The number of aryl methyl sites for hydroxylation is 1. The van der Waals surface area contributed by atoms with Crippen LogP contribution < -0.4 is 4.18 Å². The zero-order valence-electron chi connectivity index (χ0n) is 17.7. The van der Waals surface area contributed by atoms with E-state index in [1.807, 2.05) is 6.92 Å². The molecule has 34 heavy (non-hydrogen) atoms. The van der Waals surface area contributed by atoms with Crippen molar-refractivity contribution >= 4 is 62.3 Å². The maximum absolute atomic E-state index is 12.9. The van der Waals surface area contributed by atoms with Crippen LogP contribution in [-0.4, -0.2) is 24.5 Å². The van der Waals surface area contributed by atoms with Crippen molar-refractivity contribution in [3.8, 4) is 5.75 Å². The van der Waals surface area contributed by atoms with E-state index in [9.17, 15) is 18.0 Å². The predicted octanol–water partition coefficient (Wildman–Crippen LogP) is 6.31. The van der Waals surface area contributed by atoms with Gasteiger partial charge in [-0.05, 0) is 60.7 Å². The van der Waals surface area contributed by atoms with E-state index in [4.69, 9.17) is 27.4 Å². The molecular formula is C24H17Cl2NO5S2. The molecule has 1 aliphatic rings. The quantitative estimate of drug-likeness (QED) is 0.273. The lowest BCUT2D eigenvalue weighted by Crippen LogP contribution is -2.27. The minimum Gasteiger partial charge on any atom is -0.378 e. The van der Waals surface area contributed by atoms with Gasteiger partial charge in [0.15, 0.2) is 0 Å². The van der Waals surface area contributed by atoms with Crippen LogP contribution in [0, 0.1) is 6.92 Å². The molecule has 0 saturated carbocycles. The fraction of sp³-hybridized carbons (Fsp3) is 0.0833. The maximum Gasteiger partial charge on any atom is 0.339 e. The Morgan fingerprint density at radius 1 is 0.971 bits per heavy atom. The average molecular weight is 534 g/mol. The van der Waals surface area contributed by atoms with Gasteiger partial charge in [0, 0.05) is 5.56 Å². The number of hydrogen-bond donors (Lipinski definition) is 0. The van der Waals surface area contributed by atoms with Gasteiger partial charge < -0.3 is 4.18 Å². The second kappa shape index (κ2) is 9.84. The molecule has 0 atom stereocenters. The molecule has 3 aromatic rings. The molecule has 0 aromatic heterocycles. The number of nitrogens with zero attached hydrogens (tertiary/aromatic N) is 1. The number of rotatable bonds is 6. The molecule has 2 amide bonds. The lowest BCUT2D eigenvalue weighted by atomic mass is 10.2. The standard InChI is InChI=1S/C24H17Cl2NO5S2/c1-15-6-9-18(10-7-15)34(30,31)32-21-5-3-2-4-17(21)13-22-23(28)27(24(29)33-22)14-16-8-11-19(25)20(26)12-16/h2-13H,14H2,1H3/b22-13-. The van der Waals surface area contributed by atoms with Crippen LogP contribution in [0.4, 0.5) is 4.79 Å². The van der Waals surface area contributed by atoms with Crippen LogP contribution in [0.15, 0.2) is 76.5 Å². The highest BCUT2D eigenvalue weighted by Gasteiger charge is 2.35. The van der Waals surface area contributed by atoms with Gasteiger partial charge in [-0.2, -0.15) is 8.42 Å². The first-order valence-electron chi connectivity index (χ1n) is 9.93. The number of hydrogen-bond acceptors (Lipinski definition) is 6. The Labute approximate surface area is 211 Å². The zero-order valence-corrected chi connectivity index (χ0v) is 20.8. The van der Waals surface area contributed by atoms with Gasteiger partial charge in [-0.25, -0.2) is 0 Å². The molecule has 10 heteroatoms. The number of para-hydroxylation sites is 1. The van der Waals surface area contributed by atoms with Gasteiger partial charge in [-0.3, -0.25) is 14.5 Å². The fourth-order valence-electron chi connectivity index (χ4n) is 3.14. The predicted molar refractivity (Wildman–Crippen MR) is 133 cm³/mol. The normalized spacial score (nSPS) is 15.3. The molecule has 0 spiro atoms. The fourth-order valence-corrected chi connectivity index (χ4v) is 5.25. The van der Waals surface area contributed by atoms with Gasteiger partial charge in [0.1, 0.15) is 10.6 Å². The second-order valence-electron chi connectivity index (χ2n) is 7.40. The van der Waals surface area contributed by atoms with Gasteiger partial charge in [0.2, 0.25) is 0 Å². The molecule has 6 nitrogen and oxygen atoms in total. The van der Waals surface area contributed by atoms with Crippen molar-refractivity contribution in [3.63, 3.8) is 0 Å². The van der Waals surface area contributed by atoms with E-state index in [1.54, 1.807) is 48.5 Å². The third kappa shape index (κ3) is 5.31.